The summed E-state index contributed by atoms with van der Waals surface area (Å²) < 4.78 is 10.8. The topological polar surface area (TPSA) is 68.5 Å². The van der Waals surface area contributed by atoms with E-state index in [0.29, 0.717) is 11.3 Å². The number of carbonyl (C=O) groups excluding carboxylic acids is 1. The van der Waals surface area contributed by atoms with Gasteiger partial charge in [-0.05, 0) is 48.2 Å². The van der Waals surface area contributed by atoms with Crippen molar-refractivity contribution < 1.29 is 13.9 Å². The van der Waals surface area contributed by atoms with Crippen LogP contribution in [0.5, 0.6) is 5.75 Å². The molecule has 3 rings (SSSR count). The van der Waals surface area contributed by atoms with Crippen molar-refractivity contribution in [1.82, 2.24) is 0 Å². The molecule has 0 radical (unpaired) electrons. The first-order valence-electron chi connectivity index (χ1n) is 9.17. The lowest BCUT2D eigenvalue weighted by Crippen LogP contribution is -2.20. The standard InChI is InChI=1S/C22H23NO4/c1-3-5-16-12-22(25)27-20-13-18(10-11-19(16)20)26-14-21(24)23-17-8-6-15(4-2)7-9-17/h6-13H,3-5,14H2,1-2H3,(H,23,24). The van der Waals surface area contributed by atoms with Crippen LogP contribution >= 0.6 is 0 Å². The molecule has 1 heterocycles. The van der Waals surface area contributed by atoms with Crippen LogP contribution in [0.2, 0.25) is 0 Å². The van der Waals surface area contributed by atoms with E-state index in [1.165, 1.54) is 11.6 Å². The number of benzene rings is 2. The van der Waals surface area contributed by atoms with Crippen molar-refractivity contribution in [2.24, 2.45) is 0 Å². The quantitative estimate of drug-likeness (QED) is 0.633. The third kappa shape index (κ3) is 4.76. The van der Waals surface area contributed by atoms with Crippen molar-refractivity contribution in [2.45, 2.75) is 33.1 Å². The van der Waals surface area contributed by atoms with Crippen LogP contribution in [-0.4, -0.2) is 12.5 Å². The lowest BCUT2D eigenvalue weighted by Gasteiger charge is -2.09. The monoisotopic (exact) mass is 365 g/mol. The minimum Gasteiger partial charge on any atom is -0.484 e. The molecule has 0 atom stereocenters. The lowest BCUT2D eigenvalue weighted by atomic mass is 10.1. The van der Waals surface area contributed by atoms with Gasteiger partial charge in [0.2, 0.25) is 0 Å². The molecule has 0 aliphatic heterocycles. The number of rotatable bonds is 7. The van der Waals surface area contributed by atoms with Gasteiger partial charge in [0.15, 0.2) is 6.61 Å². The Bertz CT molecular complexity index is 989. The Kier molecular flexibility index (Phi) is 5.91. The van der Waals surface area contributed by atoms with Crippen molar-refractivity contribution in [2.75, 3.05) is 11.9 Å². The molecule has 0 aliphatic rings. The van der Waals surface area contributed by atoms with Gasteiger partial charge >= 0.3 is 5.63 Å². The fraction of sp³-hybridized carbons (Fsp3) is 0.273. The average molecular weight is 365 g/mol. The van der Waals surface area contributed by atoms with E-state index in [9.17, 15) is 9.59 Å². The summed E-state index contributed by atoms with van der Waals surface area (Å²) in [6.07, 6.45) is 2.70. The summed E-state index contributed by atoms with van der Waals surface area (Å²) in [5.74, 6) is 0.233. The third-order valence-electron chi connectivity index (χ3n) is 4.34. The minimum atomic E-state index is -0.378. The normalized spacial score (nSPS) is 10.7. The molecule has 2 aromatic carbocycles. The fourth-order valence-electron chi connectivity index (χ4n) is 2.95. The van der Waals surface area contributed by atoms with E-state index in [-0.39, 0.29) is 18.1 Å². The molecule has 5 heteroatoms. The van der Waals surface area contributed by atoms with Crippen molar-refractivity contribution in [1.29, 1.82) is 0 Å². The number of carbonyl (C=O) groups is 1. The molecule has 0 fully saturated rings. The molecular weight excluding hydrogens is 342 g/mol. The zero-order chi connectivity index (χ0) is 19.2. The number of anilines is 1. The molecule has 1 aromatic heterocycles. The van der Waals surface area contributed by atoms with Gasteiger partial charge < -0.3 is 14.5 Å². The molecule has 0 unspecified atom stereocenters. The first-order chi connectivity index (χ1) is 13.1. The molecule has 0 bridgehead atoms. The second-order valence-electron chi connectivity index (χ2n) is 6.39. The summed E-state index contributed by atoms with van der Waals surface area (Å²) in [4.78, 5) is 23.8. The Labute approximate surface area is 158 Å². The maximum absolute atomic E-state index is 12.1. The van der Waals surface area contributed by atoms with Crippen molar-refractivity contribution in [3.8, 4) is 5.75 Å². The summed E-state index contributed by atoms with van der Waals surface area (Å²) in [5.41, 5.74) is 3.00. The van der Waals surface area contributed by atoms with Gasteiger partial charge in [-0.1, -0.05) is 32.4 Å². The van der Waals surface area contributed by atoms with Crippen LogP contribution in [0.4, 0.5) is 5.69 Å². The molecule has 0 aliphatic carbocycles. The highest BCUT2D eigenvalue weighted by Crippen LogP contribution is 2.23. The number of hydrogen-bond donors (Lipinski definition) is 1. The Balaban J connectivity index is 1.67. The second-order valence-corrected chi connectivity index (χ2v) is 6.39. The fourth-order valence-corrected chi connectivity index (χ4v) is 2.95. The molecule has 1 amide bonds. The Morgan fingerprint density at radius 1 is 1.07 bits per heavy atom. The van der Waals surface area contributed by atoms with Crippen LogP contribution in [-0.2, 0) is 17.6 Å². The van der Waals surface area contributed by atoms with Gasteiger partial charge in [0.25, 0.3) is 5.91 Å². The van der Waals surface area contributed by atoms with Gasteiger partial charge in [-0.3, -0.25) is 4.79 Å². The van der Waals surface area contributed by atoms with Crippen LogP contribution in [0.25, 0.3) is 11.0 Å². The average Bonchev–Trinajstić information content (AvgIpc) is 2.67. The highest BCUT2D eigenvalue weighted by atomic mass is 16.5. The van der Waals surface area contributed by atoms with Gasteiger partial charge in [0, 0.05) is 23.2 Å². The van der Waals surface area contributed by atoms with E-state index in [2.05, 4.69) is 19.2 Å². The molecule has 3 aromatic rings. The second kappa shape index (κ2) is 8.54. The molecule has 5 nitrogen and oxygen atoms in total. The molecule has 140 valence electrons. The maximum atomic E-state index is 12.1. The highest BCUT2D eigenvalue weighted by molar-refractivity contribution is 5.92. The number of fused-ring (bicyclic) bond motifs is 1. The van der Waals surface area contributed by atoms with Gasteiger partial charge in [-0.2, -0.15) is 0 Å². The van der Waals surface area contributed by atoms with Crippen LogP contribution in [0.15, 0.2) is 57.7 Å². The predicted octanol–water partition coefficient (Wildman–Crippen LogP) is 4.33. The van der Waals surface area contributed by atoms with Gasteiger partial charge in [0.1, 0.15) is 11.3 Å². The van der Waals surface area contributed by atoms with Crippen LogP contribution < -0.4 is 15.7 Å². The molecule has 0 spiro atoms. The minimum absolute atomic E-state index is 0.125. The zero-order valence-corrected chi connectivity index (χ0v) is 15.6. The molecule has 1 N–H and O–H groups in total. The summed E-state index contributed by atoms with van der Waals surface area (Å²) in [5, 5.41) is 3.69. The molecule has 27 heavy (non-hydrogen) atoms. The van der Waals surface area contributed by atoms with Gasteiger partial charge in [-0.25, -0.2) is 4.79 Å². The lowest BCUT2D eigenvalue weighted by molar-refractivity contribution is -0.118. The van der Waals surface area contributed by atoms with Gasteiger partial charge in [0.05, 0.1) is 0 Å². The molecular formula is C22H23NO4. The summed E-state index contributed by atoms with van der Waals surface area (Å²) in [6, 6.07) is 14.5. The van der Waals surface area contributed by atoms with E-state index in [0.717, 1.165) is 35.9 Å². The predicted molar refractivity (Wildman–Crippen MR) is 106 cm³/mol. The largest absolute Gasteiger partial charge is 0.484 e. The molecule has 0 saturated carbocycles. The zero-order valence-electron chi connectivity index (χ0n) is 15.6. The summed E-state index contributed by atoms with van der Waals surface area (Å²) >= 11 is 0. The van der Waals surface area contributed by atoms with Crippen molar-refractivity contribution in [3.63, 3.8) is 0 Å². The van der Waals surface area contributed by atoms with E-state index >= 15 is 0 Å². The highest BCUT2D eigenvalue weighted by Gasteiger charge is 2.08. The van der Waals surface area contributed by atoms with Gasteiger partial charge in [-0.15, -0.1) is 0 Å². The number of amides is 1. The maximum Gasteiger partial charge on any atom is 0.336 e. The first kappa shape index (κ1) is 18.7. The Morgan fingerprint density at radius 3 is 2.56 bits per heavy atom. The first-order valence-corrected chi connectivity index (χ1v) is 9.17. The Hall–Kier alpha value is -3.08. The van der Waals surface area contributed by atoms with Crippen molar-refractivity contribution in [3.05, 3.63) is 70.1 Å². The van der Waals surface area contributed by atoms with Crippen LogP contribution in [0.1, 0.15) is 31.4 Å². The number of aryl methyl sites for hydroxylation is 2. The van der Waals surface area contributed by atoms with Crippen molar-refractivity contribution >= 4 is 22.6 Å². The number of hydrogen-bond acceptors (Lipinski definition) is 4. The third-order valence-corrected chi connectivity index (χ3v) is 4.34. The number of nitrogens with one attached hydrogen (secondary N) is 1. The van der Waals surface area contributed by atoms with E-state index in [1.54, 1.807) is 12.1 Å². The summed E-state index contributed by atoms with van der Waals surface area (Å²) in [7, 11) is 0. The smallest absolute Gasteiger partial charge is 0.336 e. The summed E-state index contributed by atoms with van der Waals surface area (Å²) in [6.45, 7) is 4.02. The SMILES string of the molecule is CCCc1cc(=O)oc2cc(OCC(=O)Nc3ccc(CC)cc3)ccc12. The van der Waals surface area contributed by atoms with E-state index < -0.39 is 0 Å². The van der Waals surface area contributed by atoms with E-state index in [4.69, 9.17) is 9.15 Å². The van der Waals surface area contributed by atoms with Crippen LogP contribution in [0, 0.1) is 0 Å². The molecule has 0 saturated heterocycles. The van der Waals surface area contributed by atoms with Crippen LogP contribution in [0.3, 0.4) is 0 Å². The number of ether oxygens (including phenoxy) is 1. The van der Waals surface area contributed by atoms with E-state index in [1.807, 2.05) is 30.3 Å². The Morgan fingerprint density at radius 2 is 1.85 bits per heavy atom.